The zero-order valence-corrected chi connectivity index (χ0v) is 10.8. The van der Waals surface area contributed by atoms with Crippen molar-refractivity contribution in [2.75, 3.05) is 18.6 Å². The summed E-state index contributed by atoms with van der Waals surface area (Å²) in [6, 6.07) is 3.91. The van der Waals surface area contributed by atoms with Crippen molar-refractivity contribution in [3.8, 4) is 0 Å². The molecule has 0 aliphatic heterocycles. The molecule has 0 aliphatic carbocycles. The van der Waals surface area contributed by atoms with Gasteiger partial charge in [0, 0.05) is 34.4 Å². The number of benzene rings is 1. The van der Waals surface area contributed by atoms with Gasteiger partial charge in [0.15, 0.2) is 11.6 Å². The Labute approximate surface area is 103 Å². The Kier molecular flexibility index (Phi) is 5.71. The first kappa shape index (κ1) is 14.3. The Morgan fingerprint density at radius 3 is 2.76 bits per heavy atom. The first-order valence-corrected chi connectivity index (χ1v) is 7.22. The van der Waals surface area contributed by atoms with E-state index in [4.69, 9.17) is 0 Å². The van der Waals surface area contributed by atoms with E-state index in [-0.39, 0.29) is 6.04 Å². The van der Waals surface area contributed by atoms with Gasteiger partial charge in [-0.15, -0.1) is 0 Å². The fourth-order valence-corrected chi connectivity index (χ4v) is 2.11. The highest BCUT2D eigenvalue weighted by molar-refractivity contribution is 7.84. The first-order chi connectivity index (χ1) is 8.02. The van der Waals surface area contributed by atoms with Gasteiger partial charge in [0.25, 0.3) is 0 Å². The monoisotopic (exact) mass is 261 g/mol. The zero-order chi connectivity index (χ0) is 12.8. The summed E-state index contributed by atoms with van der Waals surface area (Å²) in [5.74, 6) is -1.01. The second-order valence-electron chi connectivity index (χ2n) is 3.95. The Balaban J connectivity index is 2.49. The van der Waals surface area contributed by atoms with Crippen LogP contribution >= 0.6 is 0 Å². The fraction of sp³-hybridized carbons (Fsp3) is 0.500. The lowest BCUT2D eigenvalue weighted by Crippen LogP contribution is -2.22. The third kappa shape index (κ3) is 4.52. The maximum Gasteiger partial charge on any atom is 0.163 e. The molecule has 2 nitrogen and oxygen atoms in total. The molecule has 96 valence electrons. The third-order valence-electron chi connectivity index (χ3n) is 2.51. The minimum Gasteiger partial charge on any atom is -0.310 e. The van der Waals surface area contributed by atoms with Crippen LogP contribution in [0.5, 0.6) is 0 Å². The number of halogens is 2. The van der Waals surface area contributed by atoms with Gasteiger partial charge < -0.3 is 5.32 Å². The number of hydrogen-bond acceptors (Lipinski definition) is 2. The van der Waals surface area contributed by atoms with Gasteiger partial charge in [0.2, 0.25) is 0 Å². The molecule has 0 radical (unpaired) electrons. The standard InChI is InChI=1S/C12H17F2NOS/c1-9(15-7-4-8-17(2)16)10-5-3-6-11(13)12(10)14/h3,5-6,9,15H,4,7-8H2,1-2H3. The van der Waals surface area contributed by atoms with Gasteiger partial charge in [-0.05, 0) is 26.0 Å². The molecule has 0 heterocycles. The average molecular weight is 261 g/mol. The second-order valence-corrected chi connectivity index (χ2v) is 5.50. The maximum atomic E-state index is 13.4. The van der Waals surface area contributed by atoms with Crippen molar-refractivity contribution in [2.24, 2.45) is 0 Å². The summed E-state index contributed by atoms with van der Waals surface area (Å²) < 4.78 is 37.2. The highest BCUT2D eigenvalue weighted by atomic mass is 32.2. The van der Waals surface area contributed by atoms with Crippen LogP contribution in [-0.2, 0) is 10.8 Å². The van der Waals surface area contributed by atoms with Crippen molar-refractivity contribution in [1.29, 1.82) is 0 Å². The van der Waals surface area contributed by atoms with Gasteiger partial charge in [0.05, 0.1) is 0 Å². The molecule has 0 aliphatic rings. The molecule has 0 saturated carbocycles. The maximum absolute atomic E-state index is 13.4. The molecule has 1 N–H and O–H groups in total. The molecule has 0 saturated heterocycles. The molecule has 0 aromatic heterocycles. The minimum absolute atomic E-state index is 0.254. The Hall–Kier alpha value is -0.810. The lowest BCUT2D eigenvalue weighted by molar-refractivity contribution is 0.473. The molecule has 2 atom stereocenters. The number of nitrogens with one attached hydrogen (secondary N) is 1. The van der Waals surface area contributed by atoms with Crippen LogP contribution in [0.2, 0.25) is 0 Å². The normalized spacial score (nSPS) is 14.6. The van der Waals surface area contributed by atoms with Crippen molar-refractivity contribution >= 4 is 10.8 Å². The molecule has 1 aromatic carbocycles. The lowest BCUT2D eigenvalue weighted by Gasteiger charge is -2.14. The smallest absolute Gasteiger partial charge is 0.163 e. The van der Waals surface area contributed by atoms with Gasteiger partial charge >= 0.3 is 0 Å². The van der Waals surface area contributed by atoms with E-state index in [0.29, 0.717) is 17.9 Å². The van der Waals surface area contributed by atoms with E-state index in [9.17, 15) is 13.0 Å². The van der Waals surface area contributed by atoms with Gasteiger partial charge in [-0.25, -0.2) is 8.78 Å². The molecule has 2 unspecified atom stereocenters. The summed E-state index contributed by atoms with van der Waals surface area (Å²) in [6.45, 7) is 2.41. The Morgan fingerprint density at radius 2 is 2.12 bits per heavy atom. The van der Waals surface area contributed by atoms with E-state index in [2.05, 4.69) is 5.32 Å². The van der Waals surface area contributed by atoms with Gasteiger partial charge in [-0.1, -0.05) is 12.1 Å². The van der Waals surface area contributed by atoms with Crippen molar-refractivity contribution in [1.82, 2.24) is 5.32 Å². The van der Waals surface area contributed by atoms with E-state index < -0.39 is 22.4 Å². The van der Waals surface area contributed by atoms with Crippen LogP contribution in [-0.4, -0.2) is 22.8 Å². The summed E-state index contributed by atoms with van der Waals surface area (Å²) in [7, 11) is -0.807. The first-order valence-electron chi connectivity index (χ1n) is 5.49. The fourth-order valence-electron chi connectivity index (χ4n) is 1.56. The summed E-state index contributed by atoms with van der Waals surface area (Å²) >= 11 is 0. The SMILES string of the molecule is CC(NCCCS(C)=O)c1cccc(F)c1F. The van der Waals surface area contributed by atoms with Crippen LogP contribution in [0.4, 0.5) is 8.78 Å². The summed E-state index contributed by atoms with van der Waals surface area (Å²) in [5, 5.41) is 3.08. The largest absolute Gasteiger partial charge is 0.310 e. The quantitative estimate of drug-likeness (QED) is 0.797. The molecule has 17 heavy (non-hydrogen) atoms. The highest BCUT2D eigenvalue weighted by Gasteiger charge is 2.13. The Bertz CT molecular complexity index is 398. The molecule has 1 aromatic rings. The molecule has 0 amide bonds. The van der Waals surface area contributed by atoms with Crippen molar-refractivity contribution in [2.45, 2.75) is 19.4 Å². The lowest BCUT2D eigenvalue weighted by atomic mass is 10.1. The second kappa shape index (κ2) is 6.81. The summed E-state index contributed by atoms with van der Waals surface area (Å²) in [6.07, 6.45) is 2.40. The molecule has 0 bridgehead atoms. The van der Waals surface area contributed by atoms with E-state index in [1.54, 1.807) is 19.2 Å². The van der Waals surface area contributed by atoms with Crippen molar-refractivity contribution < 1.29 is 13.0 Å². The van der Waals surface area contributed by atoms with E-state index in [1.165, 1.54) is 6.07 Å². The molecule has 1 rings (SSSR count). The molecule has 5 heteroatoms. The van der Waals surface area contributed by atoms with Crippen LogP contribution in [0.25, 0.3) is 0 Å². The van der Waals surface area contributed by atoms with Gasteiger partial charge in [-0.3, -0.25) is 4.21 Å². The van der Waals surface area contributed by atoms with Crippen molar-refractivity contribution in [3.05, 3.63) is 35.4 Å². The average Bonchev–Trinajstić information content (AvgIpc) is 2.27. The minimum atomic E-state index is -0.828. The Morgan fingerprint density at radius 1 is 1.41 bits per heavy atom. The predicted octanol–water partition coefficient (Wildman–Crippen LogP) is 2.38. The van der Waals surface area contributed by atoms with E-state index >= 15 is 0 Å². The summed E-state index contributed by atoms with van der Waals surface area (Å²) in [5.41, 5.74) is 0.322. The zero-order valence-electron chi connectivity index (χ0n) is 10.0. The van der Waals surface area contributed by atoms with Gasteiger partial charge in [0.1, 0.15) is 0 Å². The highest BCUT2D eigenvalue weighted by Crippen LogP contribution is 2.18. The van der Waals surface area contributed by atoms with E-state index in [0.717, 1.165) is 12.5 Å². The van der Waals surface area contributed by atoms with Gasteiger partial charge in [-0.2, -0.15) is 0 Å². The van der Waals surface area contributed by atoms with Crippen LogP contribution in [0.15, 0.2) is 18.2 Å². The van der Waals surface area contributed by atoms with Crippen LogP contribution < -0.4 is 5.32 Å². The molecular formula is C12H17F2NOS. The number of hydrogen-bond donors (Lipinski definition) is 1. The van der Waals surface area contributed by atoms with E-state index in [1.807, 2.05) is 0 Å². The topological polar surface area (TPSA) is 29.1 Å². The molecular weight excluding hydrogens is 244 g/mol. The van der Waals surface area contributed by atoms with Crippen molar-refractivity contribution in [3.63, 3.8) is 0 Å². The van der Waals surface area contributed by atoms with Crippen LogP contribution in [0.3, 0.4) is 0 Å². The summed E-state index contributed by atoms with van der Waals surface area (Å²) in [4.78, 5) is 0. The molecule has 0 spiro atoms. The third-order valence-corrected chi connectivity index (χ3v) is 3.37. The molecule has 0 fully saturated rings. The van der Waals surface area contributed by atoms with Crippen LogP contribution in [0.1, 0.15) is 24.9 Å². The van der Waals surface area contributed by atoms with Crippen LogP contribution in [0, 0.1) is 11.6 Å². The predicted molar refractivity (Wildman–Crippen MR) is 66.3 cm³/mol. The number of rotatable bonds is 6.